The van der Waals surface area contributed by atoms with Crippen LogP contribution in [0.2, 0.25) is 0 Å². The Morgan fingerprint density at radius 3 is 2.26 bits per heavy atom. The fourth-order valence-corrected chi connectivity index (χ4v) is 1.83. The molecule has 0 fully saturated rings. The number of hydrogen-bond acceptors (Lipinski definition) is 4. The van der Waals surface area contributed by atoms with E-state index in [1.807, 2.05) is 24.3 Å². The van der Waals surface area contributed by atoms with Gasteiger partial charge in [0.15, 0.2) is 0 Å². The van der Waals surface area contributed by atoms with Crippen LogP contribution in [0, 0.1) is 10.1 Å². The zero-order valence-electron chi connectivity index (χ0n) is 10.4. The lowest BCUT2D eigenvalue weighted by atomic mass is 10.1. The van der Waals surface area contributed by atoms with Gasteiger partial charge in [-0.3, -0.25) is 10.1 Å². The van der Waals surface area contributed by atoms with Gasteiger partial charge in [0.25, 0.3) is 5.69 Å². The third-order valence-corrected chi connectivity index (χ3v) is 2.90. The van der Waals surface area contributed by atoms with Gasteiger partial charge in [-0.1, -0.05) is 24.3 Å². The molecule has 0 unspecified atom stereocenters. The first-order valence-electron chi connectivity index (χ1n) is 5.96. The Morgan fingerprint density at radius 1 is 1.05 bits per heavy atom. The Kier molecular flexibility index (Phi) is 4.10. The number of non-ortho nitro benzene ring substituents is 1. The molecule has 0 aliphatic rings. The maximum atomic E-state index is 10.5. The molecule has 0 atom stereocenters. The Bertz CT molecular complexity index is 567. The summed E-state index contributed by atoms with van der Waals surface area (Å²) in [5.74, 6) is 0. The standard InChI is InChI=1S/C14H15N3O2/c15-9-11-3-1-2-4-12(11)10-16-13-5-7-14(8-6-13)17(18)19/h1-8,16H,9-10,15H2. The molecule has 19 heavy (non-hydrogen) atoms. The van der Waals surface area contributed by atoms with Crippen molar-refractivity contribution in [3.05, 3.63) is 69.8 Å². The van der Waals surface area contributed by atoms with E-state index in [0.29, 0.717) is 13.1 Å². The maximum absolute atomic E-state index is 10.5. The molecule has 0 saturated carbocycles. The number of nitro benzene ring substituents is 1. The maximum Gasteiger partial charge on any atom is 0.269 e. The molecule has 0 bridgehead atoms. The molecular formula is C14H15N3O2. The van der Waals surface area contributed by atoms with Gasteiger partial charge in [-0.2, -0.15) is 0 Å². The highest BCUT2D eigenvalue weighted by molar-refractivity contribution is 5.49. The number of rotatable bonds is 5. The van der Waals surface area contributed by atoms with E-state index in [9.17, 15) is 10.1 Å². The van der Waals surface area contributed by atoms with Crippen molar-refractivity contribution < 1.29 is 4.92 Å². The normalized spacial score (nSPS) is 10.2. The van der Waals surface area contributed by atoms with Crippen LogP contribution in [0.3, 0.4) is 0 Å². The van der Waals surface area contributed by atoms with Crippen LogP contribution in [0.4, 0.5) is 11.4 Å². The van der Waals surface area contributed by atoms with Gasteiger partial charge in [-0.05, 0) is 23.3 Å². The summed E-state index contributed by atoms with van der Waals surface area (Å²) in [7, 11) is 0. The molecule has 5 nitrogen and oxygen atoms in total. The van der Waals surface area contributed by atoms with Crippen LogP contribution >= 0.6 is 0 Å². The van der Waals surface area contributed by atoms with Gasteiger partial charge in [0.2, 0.25) is 0 Å². The van der Waals surface area contributed by atoms with Crippen LogP contribution in [0.25, 0.3) is 0 Å². The molecule has 3 N–H and O–H groups in total. The van der Waals surface area contributed by atoms with Crippen LogP contribution < -0.4 is 11.1 Å². The molecule has 0 aliphatic heterocycles. The van der Waals surface area contributed by atoms with Gasteiger partial charge in [0.1, 0.15) is 0 Å². The zero-order chi connectivity index (χ0) is 13.7. The molecule has 0 radical (unpaired) electrons. The second-order valence-corrected chi connectivity index (χ2v) is 4.13. The van der Waals surface area contributed by atoms with Crippen molar-refractivity contribution in [1.82, 2.24) is 0 Å². The van der Waals surface area contributed by atoms with E-state index in [4.69, 9.17) is 5.73 Å². The van der Waals surface area contributed by atoms with E-state index < -0.39 is 4.92 Å². The summed E-state index contributed by atoms with van der Waals surface area (Å²) >= 11 is 0. The summed E-state index contributed by atoms with van der Waals surface area (Å²) in [6.07, 6.45) is 0. The summed E-state index contributed by atoms with van der Waals surface area (Å²) in [6, 6.07) is 14.3. The molecule has 0 aromatic heterocycles. The summed E-state index contributed by atoms with van der Waals surface area (Å²) in [4.78, 5) is 10.1. The first-order chi connectivity index (χ1) is 9.20. The molecule has 5 heteroatoms. The number of nitro groups is 1. The van der Waals surface area contributed by atoms with E-state index in [1.165, 1.54) is 12.1 Å². The van der Waals surface area contributed by atoms with E-state index in [2.05, 4.69) is 5.32 Å². The van der Waals surface area contributed by atoms with Gasteiger partial charge < -0.3 is 11.1 Å². The molecule has 0 spiro atoms. The van der Waals surface area contributed by atoms with Crippen LogP contribution in [-0.4, -0.2) is 4.92 Å². The summed E-state index contributed by atoms with van der Waals surface area (Å²) in [5, 5.41) is 13.8. The van der Waals surface area contributed by atoms with Crippen LogP contribution in [0.5, 0.6) is 0 Å². The smallest absolute Gasteiger partial charge is 0.269 e. The minimum atomic E-state index is -0.409. The van der Waals surface area contributed by atoms with E-state index in [0.717, 1.165) is 16.8 Å². The van der Waals surface area contributed by atoms with E-state index in [1.54, 1.807) is 12.1 Å². The molecule has 98 valence electrons. The highest BCUT2D eigenvalue weighted by atomic mass is 16.6. The minimum Gasteiger partial charge on any atom is -0.381 e. The first-order valence-corrected chi connectivity index (χ1v) is 5.96. The van der Waals surface area contributed by atoms with Crippen molar-refractivity contribution >= 4 is 11.4 Å². The second kappa shape index (κ2) is 5.97. The summed E-state index contributed by atoms with van der Waals surface area (Å²) < 4.78 is 0. The number of nitrogens with one attached hydrogen (secondary N) is 1. The highest BCUT2D eigenvalue weighted by Gasteiger charge is 2.04. The van der Waals surface area contributed by atoms with Crippen molar-refractivity contribution in [2.75, 3.05) is 5.32 Å². The van der Waals surface area contributed by atoms with E-state index in [-0.39, 0.29) is 5.69 Å². The molecule has 0 saturated heterocycles. The number of benzene rings is 2. The number of anilines is 1. The van der Waals surface area contributed by atoms with Crippen LogP contribution in [0.1, 0.15) is 11.1 Å². The monoisotopic (exact) mass is 257 g/mol. The van der Waals surface area contributed by atoms with Crippen molar-refractivity contribution in [3.8, 4) is 0 Å². The minimum absolute atomic E-state index is 0.0907. The zero-order valence-corrected chi connectivity index (χ0v) is 10.4. The Balaban J connectivity index is 2.04. The lowest BCUT2D eigenvalue weighted by Crippen LogP contribution is -2.06. The molecule has 0 aliphatic carbocycles. The molecule has 0 amide bonds. The highest BCUT2D eigenvalue weighted by Crippen LogP contribution is 2.17. The first kappa shape index (κ1) is 13.0. The van der Waals surface area contributed by atoms with Gasteiger partial charge in [-0.15, -0.1) is 0 Å². The molecule has 0 heterocycles. The van der Waals surface area contributed by atoms with Crippen LogP contribution in [0.15, 0.2) is 48.5 Å². The van der Waals surface area contributed by atoms with Gasteiger partial charge >= 0.3 is 0 Å². The largest absolute Gasteiger partial charge is 0.381 e. The third-order valence-electron chi connectivity index (χ3n) is 2.90. The number of nitrogens with two attached hydrogens (primary N) is 1. The third kappa shape index (κ3) is 3.29. The van der Waals surface area contributed by atoms with Gasteiger partial charge in [0, 0.05) is 30.9 Å². The van der Waals surface area contributed by atoms with Crippen molar-refractivity contribution in [1.29, 1.82) is 0 Å². The second-order valence-electron chi connectivity index (χ2n) is 4.13. The predicted octanol–water partition coefficient (Wildman–Crippen LogP) is 2.67. The number of hydrogen-bond donors (Lipinski definition) is 2. The summed E-state index contributed by atoms with van der Waals surface area (Å²) in [6.45, 7) is 1.14. The topological polar surface area (TPSA) is 81.2 Å². The van der Waals surface area contributed by atoms with Crippen molar-refractivity contribution in [2.24, 2.45) is 5.73 Å². The fourth-order valence-electron chi connectivity index (χ4n) is 1.83. The molecule has 2 aromatic carbocycles. The summed E-state index contributed by atoms with van der Waals surface area (Å²) in [5.41, 5.74) is 8.83. The molecule has 2 aromatic rings. The van der Waals surface area contributed by atoms with Crippen molar-refractivity contribution in [3.63, 3.8) is 0 Å². The Labute approximate surface area is 111 Å². The number of nitrogens with zero attached hydrogens (tertiary/aromatic N) is 1. The lowest BCUT2D eigenvalue weighted by molar-refractivity contribution is -0.384. The lowest BCUT2D eigenvalue weighted by Gasteiger charge is -2.10. The Hall–Kier alpha value is -2.40. The SMILES string of the molecule is NCc1ccccc1CNc1ccc([N+](=O)[O-])cc1. The Morgan fingerprint density at radius 2 is 1.68 bits per heavy atom. The average Bonchev–Trinajstić information content (AvgIpc) is 2.45. The van der Waals surface area contributed by atoms with Gasteiger partial charge in [-0.25, -0.2) is 0 Å². The predicted molar refractivity (Wildman–Crippen MR) is 74.8 cm³/mol. The van der Waals surface area contributed by atoms with Crippen molar-refractivity contribution in [2.45, 2.75) is 13.1 Å². The molecule has 2 rings (SSSR count). The van der Waals surface area contributed by atoms with Crippen LogP contribution in [-0.2, 0) is 13.1 Å². The van der Waals surface area contributed by atoms with Gasteiger partial charge in [0.05, 0.1) is 4.92 Å². The molecular weight excluding hydrogens is 242 g/mol. The average molecular weight is 257 g/mol. The quantitative estimate of drug-likeness (QED) is 0.637. The van der Waals surface area contributed by atoms with E-state index >= 15 is 0 Å². The fraction of sp³-hybridized carbons (Fsp3) is 0.143.